The van der Waals surface area contributed by atoms with Gasteiger partial charge < -0.3 is 10.6 Å². The molecule has 1 aliphatic heterocycles. The van der Waals surface area contributed by atoms with Crippen LogP contribution in [0, 0.1) is 0 Å². The second-order valence-corrected chi connectivity index (χ2v) is 7.39. The Bertz CT molecular complexity index is 680. The maximum atomic E-state index is 12.1. The fourth-order valence-corrected chi connectivity index (χ4v) is 3.72. The molecule has 132 valence electrons. The number of rotatable bonds is 5. The average molecular weight is 358 g/mol. The summed E-state index contributed by atoms with van der Waals surface area (Å²) < 4.78 is 0. The summed E-state index contributed by atoms with van der Waals surface area (Å²) in [6.45, 7) is 0.466. The van der Waals surface area contributed by atoms with E-state index < -0.39 is 5.25 Å². The molecule has 0 bridgehead atoms. The van der Waals surface area contributed by atoms with Crippen molar-refractivity contribution < 1.29 is 9.59 Å². The fraction of sp³-hybridized carbons (Fsp3) is 0.444. The normalized spacial score (nSPS) is 21.9. The summed E-state index contributed by atoms with van der Waals surface area (Å²) in [4.78, 5) is 24.1. The van der Waals surface area contributed by atoms with Crippen LogP contribution in [-0.4, -0.2) is 27.9 Å². The Morgan fingerprint density at radius 2 is 1.92 bits per heavy atom. The van der Waals surface area contributed by atoms with Gasteiger partial charge in [0, 0.05) is 18.7 Å². The van der Waals surface area contributed by atoms with Crippen molar-refractivity contribution in [2.24, 2.45) is 10.2 Å². The molecule has 6 nitrogen and oxygen atoms in total. The van der Waals surface area contributed by atoms with E-state index in [1.54, 1.807) is 0 Å². The molecule has 2 N–H and O–H groups in total. The number of benzene rings is 1. The third-order valence-electron chi connectivity index (χ3n) is 4.19. The van der Waals surface area contributed by atoms with Gasteiger partial charge in [0.25, 0.3) is 0 Å². The summed E-state index contributed by atoms with van der Waals surface area (Å²) in [6.07, 6.45) is 5.68. The summed E-state index contributed by atoms with van der Waals surface area (Å²) in [5, 5.41) is 14.0. The molecule has 0 aromatic heterocycles. The van der Waals surface area contributed by atoms with Crippen LogP contribution in [-0.2, 0) is 16.1 Å². The number of amidine groups is 1. The number of hydrogen-bond donors (Lipinski definition) is 2. The monoisotopic (exact) mass is 358 g/mol. The third-order valence-corrected chi connectivity index (χ3v) is 5.26. The lowest BCUT2D eigenvalue weighted by atomic mass is 9.99. The van der Waals surface area contributed by atoms with Crippen molar-refractivity contribution in [3.63, 3.8) is 0 Å². The Kier molecular flexibility index (Phi) is 6.22. The molecule has 1 heterocycles. The molecule has 25 heavy (non-hydrogen) atoms. The van der Waals surface area contributed by atoms with Crippen LogP contribution in [0.2, 0.25) is 0 Å². The molecule has 1 aromatic rings. The second kappa shape index (κ2) is 8.80. The summed E-state index contributed by atoms with van der Waals surface area (Å²) >= 11 is 1.28. The molecule has 1 saturated heterocycles. The van der Waals surface area contributed by atoms with Crippen molar-refractivity contribution in [2.75, 3.05) is 0 Å². The van der Waals surface area contributed by atoms with Crippen molar-refractivity contribution in [1.82, 2.24) is 10.6 Å². The van der Waals surface area contributed by atoms with Gasteiger partial charge in [-0.1, -0.05) is 48.5 Å². The van der Waals surface area contributed by atoms with Gasteiger partial charge in [-0.25, -0.2) is 0 Å². The Morgan fingerprint density at radius 1 is 1.16 bits per heavy atom. The van der Waals surface area contributed by atoms with E-state index in [-0.39, 0.29) is 18.2 Å². The third kappa shape index (κ3) is 5.42. The predicted octanol–water partition coefficient (Wildman–Crippen LogP) is 2.60. The Labute approximate surface area is 151 Å². The first-order valence-corrected chi connectivity index (χ1v) is 9.50. The standard InChI is InChI=1S/C18H22N4O2S/c23-16(19-12-13-7-3-1-4-8-13)11-15-17(24)20-18(25-15)22-21-14-9-5-2-6-10-14/h1,3-4,7-8,15H,2,5-6,9-12H2,(H,19,23)(H,20,22,24). The molecule has 1 saturated carbocycles. The van der Waals surface area contributed by atoms with Gasteiger partial charge in [-0.2, -0.15) is 5.10 Å². The van der Waals surface area contributed by atoms with E-state index in [0.29, 0.717) is 11.7 Å². The average Bonchev–Trinajstić information content (AvgIpc) is 2.99. The number of carbonyl (C=O) groups excluding carboxylic acids is 2. The number of nitrogens with zero attached hydrogens (tertiary/aromatic N) is 2. The highest BCUT2D eigenvalue weighted by Gasteiger charge is 2.32. The van der Waals surface area contributed by atoms with Gasteiger partial charge in [-0.05, 0) is 31.2 Å². The number of carbonyl (C=O) groups is 2. The first kappa shape index (κ1) is 17.7. The van der Waals surface area contributed by atoms with Gasteiger partial charge >= 0.3 is 0 Å². The zero-order valence-electron chi connectivity index (χ0n) is 14.0. The van der Waals surface area contributed by atoms with Crippen molar-refractivity contribution in [3.8, 4) is 0 Å². The van der Waals surface area contributed by atoms with Crippen LogP contribution in [0.15, 0.2) is 40.5 Å². The molecule has 0 spiro atoms. The molecule has 7 heteroatoms. The quantitative estimate of drug-likeness (QED) is 0.794. The van der Waals surface area contributed by atoms with E-state index in [2.05, 4.69) is 20.8 Å². The lowest BCUT2D eigenvalue weighted by Crippen LogP contribution is -2.31. The van der Waals surface area contributed by atoms with Crippen LogP contribution in [0.3, 0.4) is 0 Å². The van der Waals surface area contributed by atoms with Gasteiger partial charge in [0.15, 0.2) is 5.17 Å². The van der Waals surface area contributed by atoms with Gasteiger partial charge in [-0.15, -0.1) is 5.10 Å². The summed E-state index contributed by atoms with van der Waals surface area (Å²) in [6, 6.07) is 9.69. The van der Waals surface area contributed by atoms with Crippen LogP contribution in [0.1, 0.15) is 44.1 Å². The van der Waals surface area contributed by atoms with Gasteiger partial charge in [0.2, 0.25) is 11.8 Å². The van der Waals surface area contributed by atoms with E-state index in [0.717, 1.165) is 37.0 Å². The lowest BCUT2D eigenvalue weighted by Gasteiger charge is -2.10. The first-order valence-electron chi connectivity index (χ1n) is 8.62. The fourth-order valence-electron chi connectivity index (χ4n) is 2.80. The van der Waals surface area contributed by atoms with Gasteiger partial charge in [0.05, 0.1) is 0 Å². The molecule has 1 unspecified atom stereocenters. The largest absolute Gasteiger partial charge is 0.352 e. The number of thioether (sulfide) groups is 1. The number of amides is 2. The highest BCUT2D eigenvalue weighted by atomic mass is 32.2. The minimum Gasteiger partial charge on any atom is -0.352 e. The second-order valence-electron chi connectivity index (χ2n) is 6.19. The highest BCUT2D eigenvalue weighted by Crippen LogP contribution is 2.23. The van der Waals surface area contributed by atoms with Crippen LogP contribution in [0.25, 0.3) is 0 Å². The zero-order valence-corrected chi connectivity index (χ0v) is 14.8. The topological polar surface area (TPSA) is 82.9 Å². The Balaban J connectivity index is 1.48. The molecule has 2 aliphatic rings. The molecule has 2 fully saturated rings. The maximum Gasteiger partial charge on any atom is 0.240 e. The molecular weight excluding hydrogens is 336 g/mol. The zero-order chi connectivity index (χ0) is 17.5. The molecule has 1 aromatic carbocycles. The Hall–Kier alpha value is -2.15. The van der Waals surface area contributed by atoms with Crippen LogP contribution in [0.4, 0.5) is 0 Å². The highest BCUT2D eigenvalue weighted by molar-refractivity contribution is 8.15. The van der Waals surface area contributed by atoms with Gasteiger partial charge in [0.1, 0.15) is 5.25 Å². The lowest BCUT2D eigenvalue weighted by molar-refractivity contribution is -0.125. The van der Waals surface area contributed by atoms with E-state index in [1.807, 2.05) is 30.3 Å². The molecule has 1 aliphatic carbocycles. The maximum absolute atomic E-state index is 12.1. The van der Waals surface area contributed by atoms with Crippen molar-refractivity contribution in [2.45, 2.75) is 50.3 Å². The van der Waals surface area contributed by atoms with E-state index in [1.165, 1.54) is 18.2 Å². The molecular formula is C18H22N4O2S. The summed E-state index contributed by atoms with van der Waals surface area (Å²) in [5.74, 6) is -0.321. The Morgan fingerprint density at radius 3 is 2.68 bits per heavy atom. The summed E-state index contributed by atoms with van der Waals surface area (Å²) in [7, 11) is 0. The predicted molar refractivity (Wildman–Crippen MR) is 100 cm³/mol. The van der Waals surface area contributed by atoms with Gasteiger partial charge in [-0.3, -0.25) is 9.59 Å². The first-order chi connectivity index (χ1) is 12.2. The minimum absolute atomic E-state index is 0.138. The summed E-state index contributed by atoms with van der Waals surface area (Å²) in [5.41, 5.74) is 2.13. The van der Waals surface area contributed by atoms with Crippen LogP contribution < -0.4 is 10.6 Å². The number of nitrogens with one attached hydrogen (secondary N) is 2. The minimum atomic E-state index is -0.443. The van der Waals surface area contributed by atoms with Crippen LogP contribution in [0.5, 0.6) is 0 Å². The molecule has 3 rings (SSSR count). The van der Waals surface area contributed by atoms with Crippen molar-refractivity contribution in [1.29, 1.82) is 0 Å². The van der Waals surface area contributed by atoms with E-state index in [9.17, 15) is 9.59 Å². The smallest absolute Gasteiger partial charge is 0.240 e. The van der Waals surface area contributed by atoms with E-state index >= 15 is 0 Å². The van der Waals surface area contributed by atoms with Crippen LogP contribution >= 0.6 is 11.8 Å². The molecule has 2 amide bonds. The van der Waals surface area contributed by atoms with E-state index in [4.69, 9.17) is 0 Å². The van der Waals surface area contributed by atoms with Crippen molar-refractivity contribution >= 4 is 34.5 Å². The number of hydrogen-bond acceptors (Lipinski definition) is 5. The SMILES string of the molecule is O=C(CC1S/C(=N\N=C2CCCCC2)NC1=O)NCc1ccccc1. The van der Waals surface area contributed by atoms with Crippen molar-refractivity contribution in [3.05, 3.63) is 35.9 Å². The molecule has 1 atom stereocenters. The molecule has 0 radical (unpaired) electrons.